The Kier molecular flexibility index (Phi) is 9.61. The number of carbonyl (C=O) groups is 1. The van der Waals surface area contributed by atoms with Gasteiger partial charge in [0.15, 0.2) is 6.54 Å². The number of ether oxygens (including phenoxy) is 3. The van der Waals surface area contributed by atoms with E-state index in [2.05, 4.69) is 5.53 Å². The van der Waals surface area contributed by atoms with E-state index in [-0.39, 0.29) is 11.7 Å². The van der Waals surface area contributed by atoms with Gasteiger partial charge in [0, 0.05) is 0 Å². The van der Waals surface area contributed by atoms with Crippen LogP contribution in [0, 0.1) is 5.21 Å². The highest BCUT2D eigenvalue weighted by atomic mass is 16.9. The Morgan fingerprint density at radius 3 is 1.78 bits per heavy atom. The summed E-state index contributed by atoms with van der Waals surface area (Å²) in [5.41, 5.74) is 2.50. The summed E-state index contributed by atoms with van der Waals surface area (Å²) in [5, 5.41) is 12.2. The molecule has 0 radical (unpaired) electrons. The molecule has 8 nitrogen and oxygen atoms in total. The van der Waals surface area contributed by atoms with Gasteiger partial charge < -0.3 is 19.4 Å². The smallest absolute Gasteiger partial charge is 0.397 e. The summed E-state index contributed by atoms with van der Waals surface area (Å²) < 4.78 is 17.4. The molecule has 0 aromatic carbocycles. The minimum absolute atomic E-state index is 0.215. The molecule has 1 atom stereocenters. The Hall–Kier alpha value is -0.770. The first kappa shape index (κ1) is 20.3. The van der Waals surface area contributed by atoms with Crippen molar-refractivity contribution in [2.24, 2.45) is 0 Å². The Balaban J connectivity index is 2.86. The monoisotopic (exact) mass is 333 g/mol. The van der Waals surface area contributed by atoms with Crippen molar-refractivity contribution in [3.05, 3.63) is 5.21 Å². The molecule has 1 amide bonds. The average molecular weight is 333 g/mol. The first-order valence-electron chi connectivity index (χ1n) is 8.64. The summed E-state index contributed by atoms with van der Waals surface area (Å²) in [6.07, 6.45) is 3.60. The number of amides is 1. The summed E-state index contributed by atoms with van der Waals surface area (Å²) in [6, 6.07) is 0. The van der Waals surface area contributed by atoms with Gasteiger partial charge >= 0.3 is 12.0 Å². The summed E-state index contributed by atoms with van der Waals surface area (Å²) in [6.45, 7) is 7.07. The second kappa shape index (κ2) is 10.9. The van der Waals surface area contributed by atoms with E-state index < -0.39 is 12.0 Å². The molecular weight excluding hydrogens is 302 g/mol. The topological polar surface area (TPSA) is 87.5 Å². The van der Waals surface area contributed by atoms with Crippen LogP contribution in [0.2, 0.25) is 0 Å². The van der Waals surface area contributed by atoms with Gasteiger partial charge in [-0.3, -0.25) is 9.97 Å². The highest BCUT2D eigenvalue weighted by molar-refractivity contribution is 5.77. The van der Waals surface area contributed by atoms with Crippen LogP contribution in [0.3, 0.4) is 0 Å². The van der Waals surface area contributed by atoms with Crippen LogP contribution in [0.15, 0.2) is 0 Å². The SMILES string of the molecule is CCCCOC(OCCCC)(OCCCC)N1N[NH+]([O-])CC1=O. The van der Waals surface area contributed by atoms with Crippen molar-refractivity contribution >= 4 is 5.91 Å². The number of rotatable bonds is 13. The first-order valence-corrected chi connectivity index (χ1v) is 8.64. The summed E-state index contributed by atoms with van der Waals surface area (Å²) >= 11 is 0. The maximum absolute atomic E-state index is 12.1. The second-order valence-electron chi connectivity index (χ2n) is 5.57. The molecule has 1 aliphatic heterocycles. The molecule has 23 heavy (non-hydrogen) atoms. The van der Waals surface area contributed by atoms with Gasteiger partial charge in [-0.2, -0.15) is 0 Å². The number of hydroxylamine groups is 1. The van der Waals surface area contributed by atoms with Gasteiger partial charge in [0.1, 0.15) is 0 Å². The molecule has 0 aromatic rings. The lowest BCUT2D eigenvalue weighted by atomic mass is 10.3. The van der Waals surface area contributed by atoms with Crippen molar-refractivity contribution in [2.75, 3.05) is 26.4 Å². The lowest BCUT2D eigenvalue weighted by molar-refractivity contribution is -0.894. The van der Waals surface area contributed by atoms with Gasteiger partial charge in [0.2, 0.25) is 0 Å². The van der Waals surface area contributed by atoms with Crippen LogP contribution in [0.4, 0.5) is 0 Å². The molecule has 0 saturated carbocycles. The van der Waals surface area contributed by atoms with Crippen molar-refractivity contribution in [3.8, 4) is 0 Å². The fourth-order valence-corrected chi connectivity index (χ4v) is 2.02. The van der Waals surface area contributed by atoms with E-state index in [1.54, 1.807) is 0 Å². The molecule has 1 saturated heterocycles. The predicted molar refractivity (Wildman–Crippen MR) is 84.5 cm³/mol. The van der Waals surface area contributed by atoms with E-state index in [0.717, 1.165) is 43.5 Å². The zero-order valence-corrected chi connectivity index (χ0v) is 14.6. The molecule has 0 aromatic heterocycles. The lowest BCUT2D eigenvalue weighted by Crippen LogP contribution is -3.12. The molecule has 1 aliphatic rings. The van der Waals surface area contributed by atoms with Crippen LogP contribution >= 0.6 is 0 Å². The minimum Gasteiger partial charge on any atom is -0.611 e. The molecular formula is C15H31N3O5. The number of unbranched alkanes of at least 4 members (excludes halogenated alkanes) is 3. The number of hydrogen-bond acceptors (Lipinski definition) is 6. The van der Waals surface area contributed by atoms with Gasteiger partial charge in [0.25, 0.3) is 0 Å². The molecule has 2 N–H and O–H groups in total. The quantitative estimate of drug-likeness (QED) is 0.293. The molecule has 1 rings (SSSR count). The van der Waals surface area contributed by atoms with Crippen LogP contribution in [-0.2, 0) is 19.0 Å². The van der Waals surface area contributed by atoms with Gasteiger partial charge in [-0.25, -0.2) is 0 Å². The highest BCUT2D eigenvalue weighted by Crippen LogP contribution is 2.22. The highest BCUT2D eigenvalue weighted by Gasteiger charge is 2.49. The number of carbonyl (C=O) groups excluding carboxylic acids is 1. The third-order valence-corrected chi connectivity index (χ3v) is 3.42. The lowest BCUT2D eigenvalue weighted by Gasteiger charge is -2.37. The Bertz CT molecular complexity index is 317. The normalized spacial score (nSPS) is 18.9. The Labute approximate surface area is 138 Å². The van der Waals surface area contributed by atoms with E-state index in [9.17, 15) is 10.0 Å². The summed E-state index contributed by atoms with van der Waals surface area (Å²) in [5.74, 6) is -0.403. The van der Waals surface area contributed by atoms with Crippen LogP contribution in [0.5, 0.6) is 0 Å². The van der Waals surface area contributed by atoms with E-state index in [4.69, 9.17) is 14.2 Å². The third-order valence-electron chi connectivity index (χ3n) is 3.42. The standard InChI is InChI=1S/C15H31N3O5/c1-4-7-10-21-15(22-11-8-5-2,23-12-9-6-3)18-14(19)13-17(20)16-18/h16-17H,4-13H2,1-3H3. The van der Waals surface area contributed by atoms with E-state index in [0.29, 0.717) is 19.8 Å². The summed E-state index contributed by atoms with van der Waals surface area (Å²) in [7, 11) is 0. The van der Waals surface area contributed by atoms with Crippen LogP contribution < -0.4 is 10.7 Å². The van der Waals surface area contributed by atoms with Gasteiger partial charge in [-0.1, -0.05) is 45.6 Å². The molecule has 8 heteroatoms. The third kappa shape index (κ3) is 6.33. The molecule has 1 heterocycles. The molecule has 0 spiro atoms. The zero-order chi connectivity index (χ0) is 17.1. The van der Waals surface area contributed by atoms with Crippen LogP contribution in [0.1, 0.15) is 59.3 Å². The van der Waals surface area contributed by atoms with Gasteiger partial charge in [0.05, 0.1) is 19.8 Å². The van der Waals surface area contributed by atoms with Crippen molar-refractivity contribution < 1.29 is 24.2 Å². The molecule has 136 valence electrons. The summed E-state index contributed by atoms with van der Waals surface area (Å²) in [4.78, 5) is 12.1. The van der Waals surface area contributed by atoms with Crippen molar-refractivity contribution in [1.29, 1.82) is 0 Å². The van der Waals surface area contributed by atoms with Crippen molar-refractivity contribution in [1.82, 2.24) is 10.5 Å². The van der Waals surface area contributed by atoms with Crippen LogP contribution in [-0.4, -0.2) is 43.4 Å². The number of nitrogens with one attached hydrogen (secondary N) is 2. The van der Waals surface area contributed by atoms with E-state index >= 15 is 0 Å². The molecule has 0 aliphatic carbocycles. The zero-order valence-electron chi connectivity index (χ0n) is 14.6. The number of nitrogens with zero attached hydrogens (tertiary/aromatic N) is 1. The number of quaternary nitrogens is 1. The fraction of sp³-hybridized carbons (Fsp3) is 0.933. The maximum Gasteiger partial charge on any atom is 0.397 e. The largest absolute Gasteiger partial charge is 0.611 e. The fourth-order valence-electron chi connectivity index (χ4n) is 2.02. The van der Waals surface area contributed by atoms with Gasteiger partial charge in [-0.15, -0.1) is 5.01 Å². The average Bonchev–Trinajstić information content (AvgIpc) is 2.86. The van der Waals surface area contributed by atoms with Crippen molar-refractivity contribution in [2.45, 2.75) is 65.4 Å². The minimum atomic E-state index is -1.66. The number of hydrogen-bond donors (Lipinski definition) is 2. The maximum atomic E-state index is 12.1. The predicted octanol–water partition coefficient (Wildman–Crippen LogP) is 0.692. The molecule has 1 fully saturated rings. The van der Waals surface area contributed by atoms with Gasteiger partial charge in [-0.05, 0) is 19.3 Å². The van der Waals surface area contributed by atoms with E-state index in [1.807, 2.05) is 20.8 Å². The second-order valence-corrected chi connectivity index (χ2v) is 5.57. The Morgan fingerprint density at radius 2 is 1.48 bits per heavy atom. The first-order chi connectivity index (χ1) is 11.1. The Morgan fingerprint density at radius 1 is 1.04 bits per heavy atom. The van der Waals surface area contributed by atoms with Crippen molar-refractivity contribution in [3.63, 3.8) is 0 Å². The molecule has 1 unspecified atom stereocenters. The van der Waals surface area contributed by atoms with E-state index in [1.165, 1.54) is 0 Å². The van der Waals surface area contributed by atoms with Crippen LogP contribution in [0.25, 0.3) is 0 Å². The molecule has 0 bridgehead atoms. The number of hydrazine groups is 1.